The van der Waals surface area contributed by atoms with E-state index in [4.69, 9.17) is 9.47 Å². The topological polar surface area (TPSA) is 67.9 Å². The Labute approximate surface area is 165 Å². The van der Waals surface area contributed by atoms with Crippen LogP contribution >= 0.6 is 0 Å². The lowest BCUT2D eigenvalue weighted by molar-refractivity contribution is -0.122. The molecule has 2 aromatic rings. The quantitative estimate of drug-likeness (QED) is 0.834. The van der Waals surface area contributed by atoms with Gasteiger partial charge in [-0.1, -0.05) is 30.3 Å². The van der Waals surface area contributed by atoms with E-state index in [1.165, 1.54) is 12.7 Å². The van der Waals surface area contributed by atoms with Crippen LogP contribution in [0.4, 0.5) is 0 Å². The van der Waals surface area contributed by atoms with Gasteiger partial charge in [-0.2, -0.15) is 0 Å². The summed E-state index contributed by atoms with van der Waals surface area (Å²) in [4.78, 5) is 26.1. The molecule has 6 nitrogen and oxygen atoms in total. The molecule has 0 aliphatic carbocycles. The Morgan fingerprint density at radius 1 is 1.07 bits per heavy atom. The van der Waals surface area contributed by atoms with Crippen molar-refractivity contribution in [2.24, 2.45) is 0 Å². The first-order chi connectivity index (χ1) is 13.6. The first-order valence-electron chi connectivity index (χ1n) is 9.48. The van der Waals surface area contributed by atoms with Gasteiger partial charge >= 0.3 is 0 Å². The van der Waals surface area contributed by atoms with Gasteiger partial charge in [0.2, 0.25) is 0 Å². The first-order valence-corrected chi connectivity index (χ1v) is 9.48. The molecule has 3 rings (SSSR count). The Kier molecular flexibility index (Phi) is 6.53. The summed E-state index contributed by atoms with van der Waals surface area (Å²) in [6.07, 6.45) is 1.92. The number of likely N-dealkylation sites (N-methyl/N-ethyl adjacent to an activating group) is 1. The number of hydrogen-bond donors (Lipinski definition) is 1. The van der Waals surface area contributed by atoms with Crippen molar-refractivity contribution in [3.05, 3.63) is 59.7 Å². The molecule has 0 aromatic heterocycles. The van der Waals surface area contributed by atoms with Crippen molar-refractivity contribution in [2.45, 2.75) is 18.8 Å². The number of piperidine rings is 1. The maximum atomic E-state index is 12.9. The predicted molar refractivity (Wildman–Crippen MR) is 107 cm³/mol. The Morgan fingerprint density at radius 2 is 1.79 bits per heavy atom. The summed E-state index contributed by atoms with van der Waals surface area (Å²) in [7, 11) is 3.06. The van der Waals surface area contributed by atoms with Gasteiger partial charge in [0.15, 0.2) is 18.1 Å². The number of hydrogen-bond acceptors (Lipinski definition) is 4. The summed E-state index contributed by atoms with van der Waals surface area (Å²) in [5.74, 6) is 1.13. The minimum Gasteiger partial charge on any atom is -0.493 e. The first kappa shape index (κ1) is 19.7. The van der Waals surface area contributed by atoms with Gasteiger partial charge in [-0.25, -0.2) is 0 Å². The van der Waals surface area contributed by atoms with Crippen LogP contribution in [0.15, 0.2) is 48.5 Å². The van der Waals surface area contributed by atoms with Gasteiger partial charge in [0.05, 0.1) is 7.11 Å². The number of benzene rings is 2. The zero-order chi connectivity index (χ0) is 19.9. The Morgan fingerprint density at radius 3 is 2.43 bits per heavy atom. The van der Waals surface area contributed by atoms with E-state index in [1.54, 1.807) is 25.2 Å². The molecule has 2 amide bonds. The van der Waals surface area contributed by atoms with Gasteiger partial charge in [0.1, 0.15) is 0 Å². The molecule has 0 spiro atoms. The summed E-state index contributed by atoms with van der Waals surface area (Å²) >= 11 is 0. The Bertz CT molecular complexity index is 815. The number of nitrogens with one attached hydrogen (secondary N) is 1. The molecule has 1 heterocycles. The van der Waals surface area contributed by atoms with Crippen LogP contribution < -0.4 is 14.8 Å². The van der Waals surface area contributed by atoms with Crippen molar-refractivity contribution in [1.82, 2.24) is 10.2 Å². The van der Waals surface area contributed by atoms with Crippen molar-refractivity contribution >= 4 is 11.8 Å². The highest BCUT2D eigenvalue weighted by Crippen LogP contribution is 2.31. The second kappa shape index (κ2) is 9.26. The van der Waals surface area contributed by atoms with Gasteiger partial charge in [-0.15, -0.1) is 0 Å². The Balaban J connectivity index is 1.63. The molecule has 2 aromatic carbocycles. The molecule has 6 heteroatoms. The molecule has 1 aliphatic heterocycles. The van der Waals surface area contributed by atoms with Crippen LogP contribution in [0.3, 0.4) is 0 Å². The fraction of sp³-hybridized carbons (Fsp3) is 0.364. The smallest absolute Gasteiger partial charge is 0.257 e. The van der Waals surface area contributed by atoms with E-state index in [0.29, 0.717) is 23.0 Å². The van der Waals surface area contributed by atoms with Gasteiger partial charge in [0, 0.05) is 25.7 Å². The third kappa shape index (κ3) is 4.63. The lowest BCUT2D eigenvalue weighted by Crippen LogP contribution is -2.37. The molecule has 1 saturated heterocycles. The molecule has 0 radical (unpaired) electrons. The number of amides is 2. The largest absolute Gasteiger partial charge is 0.493 e. The average Bonchev–Trinajstić information content (AvgIpc) is 2.77. The van der Waals surface area contributed by atoms with E-state index in [2.05, 4.69) is 29.6 Å². The van der Waals surface area contributed by atoms with E-state index in [-0.39, 0.29) is 18.4 Å². The van der Waals surface area contributed by atoms with Crippen LogP contribution in [-0.2, 0) is 4.79 Å². The molecule has 0 unspecified atom stereocenters. The van der Waals surface area contributed by atoms with Crippen molar-refractivity contribution in [1.29, 1.82) is 0 Å². The average molecular weight is 382 g/mol. The zero-order valence-corrected chi connectivity index (χ0v) is 16.3. The summed E-state index contributed by atoms with van der Waals surface area (Å²) < 4.78 is 10.8. The van der Waals surface area contributed by atoms with Crippen LogP contribution in [0.1, 0.15) is 34.7 Å². The summed E-state index contributed by atoms with van der Waals surface area (Å²) in [5, 5.41) is 2.50. The summed E-state index contributed by atoms with van der Waals surface area (Å²) in [6, 6.07) is 15.5. The number of likely N-dealkylation sites (tertiary alicyclic amines) is 1. The van der Waals surface area contributed by atoms with Crippen molar-refractivity contribution < 1.29 is 19.1 Å². The normalized spacial score (nSPS) is 14.4. The van der Waals surface area contributed by atoms with Crippen LogP contribution in [0.5, 0.6) is 11.5 Å². The second-order valence-electron chi connectivity index (χ2n) is 6.80. The lowest BCUT2D eigenvalue weighted by atomic mass is 9.89. The van der Waals surface area contributed by atoms with Crippen molar-refractivity contribution in [3.8, 4) is 11.5 Å². The molecule has 0 bridgehead atoms. The number of ether oxygens (including phenoxy) is 2. The minimum absolute atomic E-state index is 0.0114. The summed E-state index contributed by atoms with van der Waals surface area (Å²) in [5.41, 5.74) is 1.90. The van der Waals surface area contributed by atoms with E-state index < -0.39 is 0 Å². The van der Waals surface area contributed by atoms with Crippen LogP contribution in [0.2, 0.25) is 0 Å². The molecule has 28 heavy (non-hydrogen) atoms. The summed E-state index contributed by atoms with van der Waals surface area (Å²) in [6.45, 7) is 1.36. The maximum absolute atomic E-state index is 12.9. The lowest BCUT2D eigenvalue weighted by Gasteiger charge is -2.32. The highest BCUT2D eigenvalue weighted by Gasteiger charge is 2.25. The number of carbonyl (C=O) groups is 2. The standard InChI is InChI=1S/C22H26N2O4/c1-23-21(25)15-28-19-9-8-18(14-20(19)27-2)22(26)24-12-10-17(11-13-24)16-6-4-3-5-7-16/h3-9,14,17H,10-13,15H2,1-2H3,(H,23,25). The fourth-order valence-corrected chi connectivity index (χ4v) is 3.46. The van der Waals surface area contributed by atoms with Crippen molar-refractivity contribution in [2.75, 3.05) is 33.9 Å². The number of nitrogens with zero attached hydrogens (tertiary/aromatic N) is 1. The molecule has 148 valence electrons. The maximum Gasteiger partial charge on any atom is 0.257 e. The zero-order valence-electron chi connectivity index (χ0n) is 16.3. The van der Waals surface area contributed by atoms with Crippen molar-refractivity contribution in [3.63, 3.8) is 0 Å². The van der Waals surface area contributed by atoms with Gasteiger partial charge in [-0.3, -0.25) is 9.59 Å². The molecule has 1 N–H and O–H groups in total. The molecular formula is C22H26N2O4. The molecule has 1 aliphatic rings. The number of carbonyl (C=O) groups excluding carboxylic acids is 2. The Hall–Kier alpha value is -3.02. The number of methoxy groups -OCH3 is 1. The third-order valence-electron chi connectivity index (χ3n) is 5.10. The minimum atomic E-state index is -0.233. The molecular weight excluding hydrogens is 356 g/mol. The van der Waals surface area contributed by atoms with E-state index in [0.717, 1.165) is 25.9 Å². The van der Waals surface area contributed by atoms with Gasteiger partial charge < -0.3 is 19.7 Å². The van der Waals surface area contributed by atoms with Crippen LogP contribution in [-0.4, -0.2) is 50.6 Å². The van der Waals surface area contributed by atoms with Gasteiger partial charge in [-0.05, 0) is 42.5 Å². The monoisotopic (exact) mass is 382 g/mol. The third-order valence-corrected chi connectivity index (χ3v) is 5.10. The highest BCUT2D eigenvalue weighted by atomic mass is 16.5. The molecule has 0 atom stereocenters. The highest BCUT2D eigenvalue weighted by molar-refractivity contribution is 5.95. The fourth-order valence-electron chi connectivity index (χ4n) is 3.46. The van der Waals surface area contributed by atoms with Crippen LogP contribution in [0.25, 0.3) is 0 Å². The molecule has 0 saturated carbocycles. The SMILES string of the molecule is CNC(=O)COc1ccc(C(=O)N2CCC(c3ccccc3)CC2)cc1OC. The van der Waals surface area contributed by atoms with E-state index >= 15 is 0 Å². The van der Waals surface area contributed by atoms with E-state index in [9.17, 15) is 9.59 Å². The van der Waals surface area contributed by atoms with Gasteiger partial charge in [0.25, 0.3) is 11.8 Å². The molecule has 1 fully saturated rings. The predicted octanol–water partition coefficient (Wildman–Crippen LogP) is 2.84. The van der Waals surface area contributed by atoms with E-state index in [1.807, 2.05) is 11.0 Å². The number of rotatable bonds is 6. The second-order valence-corrected chi connectivity index (χ2v) is 6.80. The van der Waals surface area contributed by atoms with Crippen LogP contribution in [0, 0.1) is 0 Å².